The van der Waals surface area contributed by atoms with Crippen LogP contribution in [0.3, 0.4) is 0 Å². The first-order valence-corrected chi connectivity index (χ1v) is 29.5. The summed E-state index contributed by atoms with van der Waals surface area (Å²) in [6.07, 6.45) is 20.0. The second-order valence-electron chi connectivity index (χ2n) is 19.5. The van der Waals surface area contributed by atoms with Gasteiger partial charge in [-0.05, 0) is 190 Å². The first kappa shape index (κ1) is 68.0. The number of phenolic OH excluding ortho intramolecular Hbond substituents is 1. The third kappa shape index (κ3) is 30.0. The maximum Gasteiger partial charge on any atom is 0.343 e. The first-order valence-electron chi connectivity index (χ1n) is 29.5. The van der Waals surface area contributed by atoms with Gasteiger partial charge in [-0.3, -0.25) is 0 Å². The van der Waals surface area contributed by atoms with Crippen molar-refractivity contribution in [1.29, 1.82) is 0 Å². The van der Waals surface area contributed by atoms with E-state index in [2.05, 4.69) is 33.9 Å². The predicted octanol–water partition coefficient (Wildman–Crippen LogP) is 16.6. The SMILES string of the molecule is C=CC(=O)OCCCCCCOc1ccc(C(=O)Oc2ccc(COc3ccc(OCCCCCC)cc3)cc2)cc1.C=CC(=O)OCCCCCCOc1ccc(OCc2ccc(OC(=O)c3ccc(O)cc3)cc2)cc1.CCCCCC. The molecule has 6 rings (SSSR count). The molecule has 0 amide bonds. The first-order chi connectivity index (χ1) is 41.0. The molecule has 0 fully saturated rings. The van der Waals surface area contributed by atoms with Crippen molar-refractivity contribution in [2.75, 3.05) is 33.0 Å². The van der Waals surface area contributed by atoms with Gasteiger partial charge in [0.2, 0.25) is 0 Å². The molecule has 0 saturated carbocycles. The van der Waals surface area contributed by atoms with Crippen LogP contribution in [0.2, 0.25) is 0 Å². The molecule has 0 unspecified atom stereocenters. The number of rotatable bonds is 37. The highest BCUT2D eigenvalue weighted by Gasteiger charge is 2.11. The third-order valence-electron chi connectivity index (χ3n) is 12.6. The summed E-state index contributed by atoms with van der Waals surface area (Å²) in [5.74, 6) is 3.09. The lowest BCUT2D eigenvalue weighted by molar-refractivity contribution is -0.138. The molecule has 0 saturated heterocycles. The van der Waals surface area contributed by atoms with Gasteiger partial charge in [0.15, 0.2) is 0 Å². The second-order valence-corrected chi connectivity index (χ2v) is 19.5. The molecule has 0 aliphatic rings. The van der Waals surface area contributed by atoms with Gasteiger partial charge in [-0.1, -0.05) is 103 Å². The van der Waals surface area contributed by atoms with Gasteiger partial charge in [0.05, 0.1) is 44.2 Å². The average molecular weight is 1150 g/mol. The van der Waals surface area contributed by atoms with Crippen LogP contribution < -0.4 is 33.2 Å². The van der Waals surface area contributed by atoms with E-state index in [9.17, 15) is 24.3 Å². The lowest BCUT2D eigenvalue weighted by Gasteiger charge is -2.10. The molecule has 14 heteroatoms. The van der Waals surface area contributed by atoms with E-state index in [0.29, 0.717) is 68.0 Å². The van der Waals surface area contributed by atoms with E-state index in [4.69, 9.17) is 42.6 Å². The fraction of sp³-hybridized carbons (Fsp3) is 0.371. The molecule has 0 aliphatic carbocycles. The topological polar surface area (TPSA) is 172 Å². The molecule has 0 radical (unpaired) electrons. The summed E-state index contributed by atoms with van der Waals surface area (Å²) in [7, 11) is 0. The Hall–Kier alpha value is -8.52. The van der Waals surface area contributed by atoms with Gasteiger partial charge in [0, 0.05) is 12.2 Å². The van der Waals surface area contributed by atoms with Crippen LogP contribution in [0.1, 0.15) is 155 Å². The van der Waals surface area contributed by atoms with Crippen molar-refractivity contribution >= 4 is 23.9 Å². The van der Waals surface area contributed by atoms with E-state index in [1.54, 1.807) is 48.5 Å². The van der Waals surface area contributed by atoms with E-state index < -0.39 is 11.9 Å². The number of ether oxygens (including phenoxy) is 9. The van der Waals surface area contributed by atoms with Crippen molar-refractivity contribution in [2.45, 2.75) is 137 Å². The van der Waals surface area contributed by atoms with Gasteiger partial charge >= 0.3 is 23.9 Å². The lowest BCUT2D eigenvalue weighted by atomic mass is 10.2. The number of esters is 4. The number of benzene rings is 6. The van der Waals surface area contributed by atoms with Crippen LogP contribution in [-0.4, -0.2) is 62.0 Å². The van der Waals surface area contributed by atoms with Crippen LogP contribution in [0.15, 0.2) is 171 Å². The van der Waals surface area contributed by atoms with Gasteiger partial charge in [0.25, 0.3) is 0 Å². The van der Waals surface area contributed by atoms with Crippen molar-refractivity contribution in [2.24, 2.45) is 0 Å². The maximum absolute atomic E-state index is 12.6. The molecule has 450 valence electrons. The van der Waals surface area contributed by atoms with E-state index in [0.717, 1.165) is 98.5 Å². The molecular formula is C70H86O14. The standard InChI is InChI=1S/C35H42O7.C29H30O7.C6H14/c1-3-5-6-9-24-39-31-20-22-32(23-21-31)41-27-28-12-16-33(17-13-28)42-35(37)29-14-18-30(19-15-29)38-25-10-7-8-11-26-40-34(36)4-2;1-2-28(31)34-20-6-4-3-5-19-33-25-15-17-26(18-16-25)35-21-22-7-13-27(14-8-22)36-29(32)23-9-11-24(30)12-10-23;1-3-5-6-4-2/h4,12-23H,2-3,5-11,24-27H2,1H3;2,7-18,30H,1,3-6,19-21H2;3-6H2,1-2H3. The minimum atomic E-state index is -0.493. The fourth-order valence-corrected chi connectivity index (χ4v) is 7.70. The Morgan fingerprint density at radius 3 is 0.952 bits per heavy atom. The Morgan fingerprint density at radius 2 is 0.619 bits per heavy atom. The third-order valence-corrected chi connectivity index (χ3v) is 12.6. The molecule has 0 spiro atoms. The van der Waals surface area contributed by atoms with E-state index in [1.165, 1.54) is 81.4 Å². The zero-order valence-corrected chi connectivity index (χ0v) is 49.4. The van der Waals surface area contributed by atoms with Crippen molar-refractivity contribution in [3.8, 4) is 46.0 Å². The van der Waals surface area contributed by atoms with E-state index in [1.807, 2.05) is 72.8 Å². The fourth-order valence-electron chi connectivity index (χ4n) is 7.70. The second kappa shape index (κ2) is 42.3. The molecule has 1 N–H and O–H groups in total. The lowest BCUT2D eigenvalue weighted by Crippen LogP contribution is -2.08. The number of carbonyl (C=O) groups is 4. The Bertz CT molecular complexity index is 2750. The summed E-state index contributed by atoms with van der Waals surface area (Å²) in [5, 5.41) is 9.31. The number of unbranched alkanes of at least 4 members (excludes halogenated alkanes) is 12. The van der Waals surface area contributed by atoms with Crippen molar-refractivity contribution < 1.29 is 66.9 Å². The molecular weight excluding hydrogens is 1060 g/mol. The van der Waals surface area contributed by atoms with Gasteiger partial charge in [-0.2, -0.15) is 0 Å². The van der Waals surface area contributed by atoms with Gasteiger partial charge in [-0.25, -0.2) is 19.2 Å². The molecule has 0 aromatic heterocycles. The monoisotopic (exact) mass is 1150 g/mol. The van der Waals surface area contributed by atoms with Gasteiger partial charge in [-0.15, -0.1) is 0 Å². The largest absolute Gasteiger partial charge is 0.508 e. The minimum absolute atomic E-state index is 0.0898. The van der Waals surface area contributed by atoms with Crippen LogP contribution in [0.5, 0.6) is 46.0 Å². The number of hydrogen-bond acceptors (Lipinski definition) is 14. The number of phenols is 1. The predicted molar refractivity (Wildman–Crippen MR) is 329 cm³/mol. The number of hydrogen-bond donors (Lipinski definition) is 1. The molecule has 6 aromatic rings. The molecule has 0 aliphatic heterocycles. The zero-order chi connectivity index (χ0) is 60.2. The van der Waals surface area contributed by atoms with Crippen molar-refractivity contribution in [1.82, 2.24) is 0 Å². The average Bonchev–Trinajstić information content (AvgIpc) is 3.68. The summed E-state index contributed by atoms with van der Waals surface area (Å²) in [6, 6.07) is 42.3. The molecule has 0 atom stereocenters. The quantitative estimate of drug-likeness (QED) is 0.0169. The number of aromatic hydroxyl groups is 1. The van der Waals surface area contributed by atoms with Crippen LogP contribution in [-0.2, 0) is 32.3 Å². The summed E-state index contributed by atoms with van der Waals surface area (Å²) in [6.45, 7) is 16.9. The molecule has 84 heavy (non-hydrogen) atoms. The van der Waals surface area contributed by atoms with Crippen molar-refractivity contribution in [3.63, 3.8) is 0 Å². The van der Waals surface area contributed by atoms with Crippen LogP contribution in [0, 0.1) is 0 Å². The maximum atomic E-state index is 12.6. The Morgan fingerprint density at radius 1 is 0.345 bits per heavy atom. The molecule has 6 aromatic carbocycles. The zero-order valence-electron chi connectivity index (χ0n) is 49.4. The van der Waals surface area contributed by atoms with Gasteiger partial charge < -0.3 is 47.7 Å². The Kier molecular flexibility index (Phi) is 34.3. The Balaban J connectivity index is 0.000000331. The highest BCUT2D eigenvalue weighted by molar-refractivity contribution is 5.91. The van der Waals surface area contributed by atoms with Crippen LogP contribution >= 0.6 is 0 Å². The minimum Gasteiger partial charge on any atom is -0.508 e. The van der Waals surface area contributed by atoms with Crippen molar-refractivity contribution in [3.05, 3.63) is 193 Å². The highest BCUT2D eigenvalue weighted by Crippen LogP contribution is 2.24. The summed E-state index contributed by atoms with van der Waals surface area (Å²) >= 11 is 0. The number of carbonyl (C=O) groups excluding carboxylic acids is 4. The molecule has 14 nitrogen and oxygen atoms in total. The van der Waals surface area contributed by atoms with E-state index in [-0.39, 0.29) is 17.7 Å². The molecule has 0 heterocycles. The Labute approximate surface area is 497 Å². The highest BCUT2D eigenvalue weighted by atomic mass is 16.5. The van der Waals surface area contributed by atoms with Crippen LogP contribution in [0.4, 0.5) is 0 Å². The smallest absolute Gasteiger partial charge is 0.343 e. The van der Waals surface area contributed by atoms with E-state index >= 15 is 0 Å². The normalized spacial score (nSPS) is 10.3. The molecule has 0 bridgehead atoms. The summed E-state index contributed by atoms with van der Waals surface area (Å²) < 4.78 is 49.8. The summed E-state index contributed by atoms with van der Waals surface area (Å²) in [5.41, 5.74) is 2.69. The van der Waals surface area contributed by atoms with Crippen LogP contribution in [0.25, 0.3) is 0 Å². The van der Waals surface area contributed by atoms with Gasteiger partial charge in [0.1, 0.15) is 59.2 Å². The summed E-state index contributed by atoms with van der Waals surface area (Å²) in [4.78, 5) is 46.7.